The molecule has 3 aromatic rings. The monoisotopic (exact) mass is 448 g/mol. The number of ether oxygens (including phenoxy) is 2. The zero-order valence-corrected chi connectivity index (χ0v) is 18.6. The number of rotatable bonds is 6. The van der Waals surface area contributed by atoms with Crippen molar-refractivity contribution in [3.05, 3.63) is 88.6 Å². The lowest BCUT2D eigenvalue weighted by atomic mass is 10.0. The van der Waals surface area contributed by atoms with Crippen LogP contribution in [0.3, 0.4) is 0 Å². The van der Waals surface area contributed by atoms with Crippen molar-refractivity contribution in [2.45, 2.75) is 6.92 Å². The Morgan fingerprint density at radius 1 is 0.844 bits per heavy atom. The molecule has 0 aliphatic carbocycles. The molecule has 0 unspecified atom stereocenters. The van der Waals surface area contributed by atoms with Crippen LogP contribution in [0.25, 0.3) is 5.57 Å². The summed E-state index contributed by atoms with van der Waals surface area (Å²) in [5.74, 6) is 0.276. The van der Waals surface area contributed by atoms with Gasteiger partial charge in [0.05, 0.1) is 30.5 Å². The molecule has 0 spiro atoms. The quantitative estimate of drug-likeness (QED) is 0.534. The molecular weight excluding hydrogens is 428 g/mol. The van der Waals surface area contributed by atoms with Gasteiger partial charge in [0.25, 0.3) is 11.8 Å². The van der Waals surface area contributed by atoms with Crippen LogP contribution in [0.5, 0.6) is 11.5 Å². The summed E-state index contributed by atoms with van der Waals surface area (Å²) in [5, 5.41) is 3.49. The summed E-state index contributed by atoms with van der Waals surface area (Å²) >= 11 is 6.25. The predicted molar refractivity (Wildman–Crippen MR) is 125 cm³/mol. The summed E-state index contributed by atoms with van der Waals surface area (Å²) in [7, 11) is 3.08. The minimum atomic E-state index is -0.456. The molecule has 162 valence electrons. The number of nitrogens with zero attached hydrogens (tertiary/aromatic N) is 1. The number of amides is 2. The molecule has 0 radical (unpaired) electrons. The average Bonchev–Trinajstić information content (AvgIpc) is 3.04. The number of aryl methyl sites for hydroxylation is 1. The van der Waals surface area contributed by atoms with E-state index in [-0.39, 0.29) is 11.3 Å². The molecule has 0 saturated heterocycles. The zero-order chi connectivity index (χ0) is 22.8. The van der Waals surface area contributed by atoms with Crippen LogP contribution in [-0.2, 0) is 9.59 Å². The van der Waals surface area contributed by atoms with Gasteiger partial charge in [-0.15, -0.1) is 0 Å². The van der Waals surface area contributed by atoms with Crippen LogP contribution in [0.15, 0.2) is 72.4 Å². The number of hydrogen-bond donors (Lipinski definition) is 1. The molecule has 7 heteroatoms. The summed E-state index contributed by atoms with van der Waals surface area (Å²) in [4.78, 5) is 28.0. The van der Waals surface area contributed by atoms with Gasteiger partial charge in [0.15, 0.2) is 0 Å². The predicted octanol–water partition coefficient (Wildman–Crippen LogP) is 5.06. The fourth-order valence-electron chi connectivity index (χ4n) is 3.49. The summed E-state index contributed by atoms with van der Waals surface area (Å²) in [6.07, 6.45) is 0. The number of methoxy groups -OCH3 is 2. The Hall–Kier alpha value is -3.77. The van der Waals surface area contributed by atoms with Crippen LogP contribution < -0.4 is 19.7 Å². The summed E-state index contributed by atoms with van der Waals surface area (Å²) in [5.41, 5.74) is 3.18. The van der Waals surface area contributed by atoms with E-state index in [0.717, 1.165) is 10.5 Å². The van der Waals surface area contributed by atoms with Gasteiger partial charge in [-0.1, -0.05) is 41.4 Å². The second-order valence-electron chi connectivity index (χ2n) is 7.23. The highest BCUT2D eigenvalue weighted by Gasteiger charge is 2.40. The largest absolute Gasteiger partial charge is 0.497 e. The maximum atomic E-state index is 13.5. The van der Waals surface area contributed by atoms with Crippen LogP contribution in [-0.4, -0.2) is 26.0 Å². The molecule has 2 amide bonds. The minimum absolute atomic E-state index is 0.177. The van der Waals surface area contributed by atoms with E-state index in [4.69, 9.17) is 21.1 Å². The number of hydrogen-bond acceptors (Lipinski definition) is 5. The lowest BCUT2D eigenvalue weighted by molar-refractivity contribution is -0.120. The van der Waals surface area contributed by atoms with Crippen molar-refractivity contribution in [1.82, 2.24) is 0 Å². The van der Waals surface area contributed by atoms with Crippen molar-refractivity contribution in [3.63, 3.8) is 0 Å². The van der Waals surface area contributed by atoms with E-state index >= 15 is 0 Å². The van der Waals surface area contributed by atoms with E-state index < -0.39 is 11.8 Å². The van der Waals surface area contributed by atoms with Crippen molar-refractivity contribution in [3.8, 4) is 11.5 Å². The molecule has 6 nitrogen and oxygen atoms in total. The first-order chi connectivity index (χ1) is 15.4. The number of anilines is 2. The van der Waals surface area contributed by atoms with Gasteiger partial charge in [0.1, 0.15) is 17.2 Å². The van der Waals surface area contributed by atoms with Gasteiger partial charge < -0.3 is 14.8 Å². The Bertz CT molecular complexity index is 1220. The standard InChI is InChI=1S/C25H21ClN2O4/c1-15-4-6-16(7-5-15)22-23(27-17-8-13-21(32-3)20(26)14-17)25(30)28(24(22)29)18-9-11-19(31-2)12-10-18/h4-14,27H,1-3H3. The van der Waals surface area contributed by atoms with Gasteiger partial charge in [-0.3, -0.25) is 9.59 Å². The number of imide groups is 1. The lowest BCUT2D eigenvalue weighted by Crippen LogP contribution is -2.32. The molecule has 4 rings (SSSR count). The zero-order valence-electron chi connectivity index (χ0n) is 17.8. The molecule has 0 saturated carbocycles. The van der Waals surface area contributed by atoms with Gasteiger partial charge in [-0.05, 0) is 55.0 Å². The smallest absolute Gasteiger partial charge is 0.282 e. The van der Waals surface area contributed by atoms with E-state index in [1.54, 1.807) is 49.6 Å². The van der Waals surface area contributed by atoms with E-state index in [1.165, 1.54) is 7.11 Å². The average molecular weight is 449 g/mol. The molecule has 0 atom stereocenters. The molecule has 1 aliphatic rings. The third kappa shape index (κ3) is 3.92. The van der Waals surface area contributed by atoms with Crippen LogP contribution in [0.2, 0.25) is 5.02 Å². The first-order valence-electron chi connectivity index (χ1n) is 9.87. The van der Waals surface area contributed by atoms with Crippen molar-refractivity contribution >= 4 is 40.4 Å². The van der Waals surface area contributed by atoms with Crippen LogP contribution >= 0.6 is 11.6 Å². The number of carbonyl (C=O) groups excluding carboxylic acids is 2. The second kappa shape index (κ2) is 8.77. The summed E-state index contributed by atoms with van der Waals surface area (Å²) in [6, 6.07) is 19.3. The third-order valence-electron chi connectivity index (χ3n) is 5.18. The van der Waals surface area contributed by atoms with E-state index in [9.17, 15) is 9.59 Å². The molecule has 0 aromatic heterocycles. The molecule has 1 N–H and O–H groups in total. The van der Waals surface area contributed by atoms with Crippen LogP contribution in [0.4, 0.5) is 11.4 Å². The number of halogens is 1. The maximum absolute atomic E-state index is 13.5. The molecular formula is C25H21ClN2O4. The number of benzene rings is 3. The van der Waals surface area contributed by atoms with Gasteiger partial charge in [-0.2, -0.15) is 0 Å². The fraction of sp³-hybridized carbons (Fsp3) is 0.120. The number of nitrogens with one attached hydrogen (secondary N) is 1. The van der Waals surface area contributed by atoms with E-state index in [0.29, 0.717) is 33.5 Å². The molecule has 0 bridgehead atoms. The number of carbonyl (C=O) groups is 2. The van der Waals surface area contributed by atoms with Crippen molar-refractivity contribution in [2.75, 3.05) is 24.4 Å². The minimum Gasteiger partial charge on any atom is -0.497 e. The Morgan fingerprint density at radius 2 is 1.53 bits per heavy atom. The Balaban J connectivity index is 1.78. The molecule has 32 heavy (non-hydrogen) atoms. The molecule has 0 fully saturated rings. The van der Waals surface area contributed by atoms with E-state index in [1.807, 2.05) is 31.2 Å². The summed E-state index contributed by atoms with van der Waals surface area (Å²) < 4.78 is 10.4. The highest BCUT2D eigenvalue weighted by molar-refractivity contribution is 6.46. The molecule has 1 aliphatic heterocycles. The lowest BCUT2D eigenvalue weighted by Gasteiger charge is -2.16. The topological polar surface area (TPSA) is 67.9 Å². The maximum Gasteiger partial charge on any atom is 0.282 e. The van der Waals surface area contributed by atoms with Crippen LogP contribution in [0.1, 0.15) is 11.1 Å². The Morgan fingerprint density at radius 3 is 2.12 bits per heavy atom. The van der Waals surface area contributed by atoms with E-state index in [2.05, 4.69) is 5.32 Å². The second-order valence-corrected chi connectivity index (χ2v) is 7.64. The highest BCUT2D eigenvalue weighted by atomic mass is 35.5. The molecule has 1 heterocycles. The Kier molecular flexibility index (Phi) is 5.88. The highest BCUT2D eigenvalue weighted by Crippen LogP contribution is 2.35. The summed E-state index contributed by atoms with van der Waals surface area (Å²) in [6.45, 7) is 1.96. The SMILES string of the molecule is COc1ccc(N2C(=O)C(Nc3ccc(OC)c(Cl)c3)=C(c3ccc(C)cc3)C2=O)cc1. The fourth-order valence-corrected chi connectivity index (χ4v) is 3.75. The third-order valence-corrected chi connectivity index (χ3v) is 5.47. The Labute approximate surface area is 191 Å². The normalized spacial score (nSPS) is 13.6. The van der Waals surface area contributed by atoms with Crippen LogP contribution in [0, 0.1) is 6.92 Å². The van der Waals surface area contributed by atoms with Crippen molar-refractivity contribution < 1.29 is 19.1 Å². The van der Waals surface area contributed by atoms with Gasteiger partial charge >= 0.3 is 0 Å². The van der Waals surface area contributed by atoms with Gasteiger partial charge in [-0.25, -0.2) is 4.90 Å². The van der Waals surface area contributed by atoms with Crippen molar-refractivity contribution in [1.29, 1.82) is 0 Å². The first-order valence-corrected chi connectivity index (χ1v) is 10.3. The van der Waals surface area contributed by atoms with Gasteiger partial charge in [0.2, 0.25) is 0 Å². The molecule has 3 aromatic carbocycles. The van der Waals surface area contributed by atoms with Crippen molar-refractivity contribution in [2.24, 2.45) is 0 Å². The van der Waals surface area contributed by atoms with Gasteiger partial charge in [0, 0.05) is 5.69 Å². The first kappa shape index (κ1) is 21.5.